The first-order chi connectivity index (χ1) is 17.6. The SMILES string of the molecule is CC.Cc1nc2c(Nc3ccccc3N(C)S(C)=O)cc(Nc3cccc(C(F)(F)F)n3)nc2n1PI. The summed E-state index contributed by atoms with van der Waals surface area (Å²) >= 11 is 2.22. The first-order valence-corrected chi connectivity index (χ1v) is 16.7. The van der Waals surface area contributed by atoms with Gasteiger partial charge >= 0.3 is 6.18 Å². The number of rotatable bonds is 7. The van der Waals surface area contributed by atoms with Crippen LogP contribution in [-0.4, -0.2) is 36.8 Å². The molecule has 198 valence electrons. The first-order valence-electron chi connectivity index (χ1n) is 11.1. The van der Waals surface area contributed by atoms with Gasteiger partial charge in [0, 0.05) is 19.4 Å². The van der Waals surface area contributed by atoms with E-state index in [1.54, 1.807) is 23.7 Å². The summed E-state index contributed by atoms with van der Waals surface area (Å²) < 4.78 is 55.0. The van der Waals surface area contributed by atoms with Gasteiger partial charge in [-0.2, -0.15) is 13.2 Å². The second-order valence-corrected chi connectivity index (χ2v) is 10.9. The van der Waals surface area contributed by atoms with Gasteiger partial charge in [0.25, 0.3) is 0 Å². The zero-order valence-corrected chi connectivity index (χ0v) is 24.7. The average Bonchev–Trinajstić information content (AvgIpc) is 3.20. The van der Waals surface area contributed by atoms with E-state index >= 15 is 0 Å². The standard InChI is InChI=1S/C21H20F3IN7OPS.C2H6/c1-12-26-19-14(27-13-7-4-5-8-15(13)31(2)35(3)33)11-18(30-20(19)32(12)34-25)29-17-10-6-9-16(28-17)21(22,23)24;1-2/h4-11,34H,1-3H3,(H2,27,28,29,30);1-2H3. The van der Waals surface area contributed by atoms with Crippen molar-refractivity contribution in [2.45, 2.75) is 26.9 Å². The molecule has 4 aromatic rings. The van der Waals surface area contributed by atoms with Crippen LogP contribution in [0.25, 0.3) is 11.2 Å². The number of benzene rings is 1. The third-order valence-electron chi connectivity index (χ3n) is 5.06. The minimum absolute atomic E-state index is 0.0128. The Kier molecular flexibility index (Phi) is 9.70. The highest BCUT2D eigenvalue weighted by atomic mass is 127. The summed E-state index contributed by atoms with van der Waals surface area (Å²) in [6.45, 7) is 5.86. The highest BCUT2D eigenvalue weighted by molar-refractivity contribution is 14.2. The molecular formula is C23H26F3IN7OPS. The molecule has 14 heteroatoms. The molecule has 8 nitrogen and oxygen atoms in total. The largest absolute Gasteiger partial charge is 0.433 e. The van der Waals surface area contributed by atoms with E-state index in [9.17, 15) is 17.4 Å². The number of aromatic nitrogens is 4. The zero-order chi connectivity index (χ0) is 27.3. The number of pyridine rings is 2. The van der Waals surface area contributed by atoms with Gasteiger partial charge in [-0.1, -0.05) is 32.0 Å². The van der Waals surface area contributed by atoms with Crippen LogP contribution in [0.5, 0.6) is 0 Å². The van der Waals surface area contributed by atoms with E-state index in [0.29, 0.717) is 40.4 Å². The summed E-state index contributed by atoms with van der Waals surface area (Å²) in [5.41, 5.74) is 2.15. The molecule has 1 aromatic carbocycles. The molecule has 2 unspecified atom stereocenters. The van der Waals surface area contributed by atoms with Crippen molar-refractivity contribution in [3.8, 4) is 0 Å². The molecule has 0 aliphatic carbocycles. The highest BCUT2D eigenvalue weighted by Crippen LogP contribution is 2.37. The molecule has 2 atom stereocenters. The van der Waals surface area contributed by atoms with Gasteiger partial charge in [-0.05, 0) is 53.2 Å². The van der Waals surface area contributed by atoms with Gasteiger partial charge < -0.3 is 10.6 Å². The Balaban J connectivity index is 0.00000186. The van der Waals surface area contributed by atoms with Crippen molar-refractivity contribution in [3.63, 3.8) is 0 Å². The number of imidazole rings is 1. The molecular weight excluding hydrogens is 637 g/mol. The minimum atomic E-state index is -4.56. The van der Waals surface area contributed by atoms with Gasteiger partial charge in [-0.3, -0.25) is 8.64 Å². The lowest BCUT2D eigenvalue weighted by Crippen LogP contribution is -2.19. The third-order valence-corrected chi connectivity index (χ3v) is 8.18. The maximum atomic E-state index is 13.1. The number of nitrogens with one attached hydrogen (secondary N) is 2. The fourth-order valence-corrected chi connectivity index (χ4v) is 5.92. The van der Waals surface area contributed by atoms with E-state index in [-0.39, 0.29) is 5.82 Å². The summed E-state index contributed by atoms with van der Waals surface area (Å²) in [5, 5.41) is 6.24. The quantitative estimate of drug-likeness (QED) is 0.161. The Morgan fingerprint density at radius 3 is 2.35 bits per heavy atom. The number of aryl methyl sites for hydroxylation is 1. The summed E-state index contributed by atoms with van der Waals surface area (Å²) in [7, 11) is 0.474. The van der Waals surface area contributed by atoms with Crippen LogP contribution in [0, 0.1) is 6.92 Å². The van der Waals surface area contributed by atoms with E-state index in [1.807, 2.05) is 49.4 Å². The summed E-state index contributed by atoms with van der Waals surface area (Å²) in [5.74, 6) is 1.06. The van der Waals surface area contributed by atoms with Gasteiger partial charge in [-0.25, -0.2) is 19.2 Å². The highest BCUT2D eigenvalue weighted by Gasteiger charge is 2.32. The van der Waals surface area contributed by atoms with Gasteiger partial charge in [0.2, 0.25) is 0 Å². The van der Waals surface area contributed by atoms with Crippen LogP contribution in [-0.2, 0) is 17.2 Å². The summed E-state index contributed by atoms with van der Waals surface area (Å²) in [6.07, 6.45) is -2.67. The lowest BCUT2D eigenvalue weighted by Gasteiger charge is -2.20. The Bertz CT molecular complexity index is 1420. The molecule has 0 aliphatic rings. The maximum Gasteiger partial charge on any atom is 0.433 e. The van der Waals surface area contributed by atoms with Crippen LogP contribution in [0.4, 0.5) is 41.9 Å². The van der Waals surface area contributed by atoms with Gasteiger partial charge in [0.15, 0.2) is 5.65 Å². The molecule has 0 aliphatic heterocycles. The molecule has 3 heterocycles. The molecule has 2 N–H and O–H groups in total. The van der Waals surface area contributed by atoms with Crippen LogP contribution in [0.2, 0.25) is 0 Å². The Hall–Kier alpha value is -2.51. The van der Waals surface area contributed by atoms with Crippen molar-refractivity contribution in [1.29, 1.82) is 0 Å². The number of hydrogen-bond acceptors (Lipinski definition) is 6. The molecule has 0 amide bonds. The number of anilines is 5. The van der Waals surface area contributed by atoms with Crippen molar-refractivity contribution in [3.05, 3.63) is 60.0 Å². The number of para-hydroxylation sites is 2. The van der Waals surface area contributed by atoms with E-state index in [1.165, 1.54) is 12.1 Å². The molecule has 0 saturated carbocycles. The third kappa shape index (κ3) is 6.68. The van der Waals surface area contributed by atoms with E-state index in [0.717, 1.165) is 11.9 Å². The van der Waals surface area contributed by atoms with Crippen LogP contribution in [0.1, 0.15) is 25.4 Å². The molecule has 0 fully saturated rings. The fourth-order valence-electron chi connectivity index (χ4n) is 3.35. The predicted molar refractivity (Wildman–Crippen MR) is 156 cm³/mol. The Morgan fingerprint density at radius 2 is 1.70 bits per heavy atom. The molecule has 0 radical (unpaired) electrons. The van der Waals surface area contributed by atoms with Crippen molar-refractivity contribution >= 4 is 79.3 Å². The molecule has 0 bridgehead atoms. The zero-order valence-electron chi connectivity index (χ0n) is 20.7. The predicted octanol–water partition coefficient (Wildman–Crippen LogP) is 7.19. The maximum absolute atomic E-state index is 13.1. The molecule has 4 rings (SSSR count). The topological polar surface area (TPSA) is 88.0 Å². The van der Waals surface area contributed by atoms with Gasteiger partial charge in [0.1, 0.15) is 39.7 Å². The molecule has 0 saturated heterocycles. The van der Waals surface area contributed by atoms with E-state index in [2.05, 4.69) is 47.6 Å². The lowest BCUT2D eigenvalue weighted by atomic mass is 10.2. The van der Waals surface area contributed by atoms with E-state index in [4.69, 9.17) is 0 Å². The van der Waals surface area contributed by atoms with E-state index < -0.39 is 22.9 Å². The number of fused-ring (bicyclic) bond motifs is 1. The van der Waals surface area contributed by atoms with Crippen molar-refractivity contribution in [1.82, 2.24) is 19.3 Å². The average molecular weight is 663 g/mol. The molecule has 3 aromatic heterocycles. The first kappa shape index (κ1) is 29.1. The smallest absolute Gasteiger partial charge is 0.352 e. The van der Waals surface area contributed by atoms with Crippen molar-refractivity contribution in [2.24, 2.45) is 0 Å². The minimum Gasteiger partial charge on any atom is -0.352 e. The van der Waals surface area contributed by atoms with Crippen LogP contribution in [0.3, 0.4) is 0 Å². The Morgan fingerprint density at radius 1 is 1.00 bits per heavy atom. The lowest BCUT2D eigenvalue weighted by molar-refractivity contribution is -0.141. The fraction of sp³-hybridized carbons (Fsp3) is 0.261. The molecule has 0 spiro atoms. The Labute approximate surface area is 230 Å². The number of hydrogen-bond donors (Lipinski definition) is 2. The second-order valence-electron chi connectivity index (χ2n) is 7.40. The van der Waals surface area contributed by atoms with Crippen LogP contribution in [0.15, 0.2) is 48.5 Å². The number of halogens is 4. The monoisotopic (exact) mass is 663 g/mol. The van der Waals surface area contributed by atoms with Gasteiger partial charge in [0.05, 0.1) is 23.4 Å². The van der Waals surface area contributed by atoms with Crippen molar-refractivity contribution in [2.75, 3.05) is 28.2 Å². The summed E-state index contributed by atoms with van der Waals surface area (Å²) in [4.78, 5) is 13.0. The van der Waals surface area contributed by atoms with Crippen LogP contribution < -0.4 is 14.9 Å². The van der Waals surface area contributed by atoms with Crippen LogP contribution >= 0.6 is 28.4 Å². The normalized spacial score (nSPS) is 12.4. The van der Waals surface area contributed by atoms with Gasteiger partial charge in [-0.15, -0.1) is 0 Å². The molecule has 37 heavy (non-hydrogen) atoms. The summed E-state index contributed by atoms with van der Waals surface area (Å²) in [6, 6.07) is 12.7. The number of alkyl halides is 3. The van der Waals surface area contributed by atoms with Crippen molar-refractivity contribution < 1.29 is 17.4 Å². The number of nitrogens with zero attached hydrogens (tertiary/aromatic N) is 5. The second kappa shape index (κ2) is 12.4.